The van der Waals surface area contributed by atoms with Crippen LogP contribution in [0.4, 0.5) is 17.6 Å². The zero-order valence-electron chi connectivity index (χ0n) is 21.6. The van der Waals surface area contributed by atoms with Crippen molar-refractivity contribution in [3.63, 3.8) is 0 Å². The Labute approximate surface area is 240 Å². The Morgan fingerprint density at radius 3 is 2.55 bits per heavy atom. The van der Waals surface area contributed by atoms with Crippen LogP contribution in [0.2, 0.25) is 0 Å². The Balaban J connectivity index is 1.36. The van der Waals surface area contributed by atoms with Gasteiger partial charge >= 0.3 is 6.18 Å². The minimum atomic E-state index is -4.60. The lowest BCUT2D eigenvalue weighted by Crippen LogP contribution is -2.07. The van der Waals surface area contributed by atoms with Crippen molar-refractivity contribution in [1.82, 2.24) is 34.7 Å². The van der Waals surface area contributed by atoms with Gasteiger partial charge in [-0.3, -0.25) is 0 Å². The van der Waals surface area contributed by atoms with Gasteiger partial charge in [0.05, 0.1) is 42.4 Å². The van der Waals surface area contributed by atoms with Gasteiger partial charge in [0, 0.05) is 29.7 Å². The molecule has 2 aliphatic heterocycles. The first-order chi connectivity index (χ1) is 20.3. The predicted molar refractivity (Wildman–Crippen MR) is 146 cm³/mol. The number of hydrogen-bond donors (Lipinski definition) is 0. The standard InChI is InChI=1S/C29H17F4N7OS/c1-41-18-7-9-19(22(10-18)29(31,32)33)28-39-38-25(42-28)14-40-13-24-27(36-16-40)21(8-6-17-11-34-15-35-12-17)26(37-24)20-4-2-3-5-23(20)30/h2-5,7,9-13,15-16H,14H2,1H3. The molecule has 0 N–H and O–H groups in total. The van der Waals surface area contributed by atoms with Gasteiger partial charge in [-0.2, -0.15) is 13.2 Å². The Kier molecular flexibility index (Phi) is 7.05. The largest absolute Gasteiger partial charge is 0.497 e. The first-order valence-corrected chi connectivity index (χ1v) is 13.1. The van der Waals surface area contributed by atoms with Gasteiger partial charge in [0.2, 0.25) is 0 Å². The topological polar surface area (TPSA) is 91.5 Å². The molecule has 0 saturated heterocycles. The van der Waals surface area contributed by atoms with Crippen LogP contribution in [0, 0.1) is 17.7 Å². The lowest BCUT2D eigenvalue weighted by molar-refractivity contribution is -0.137. The van der Waals surface area contributed by atoms with Gasteiger partial charge in [-0.25, -0.2) is 24.3 Å². The van der Waals surface area contributed by atoms with Gasteiger partial charge < -0.3 is 9.30 Å². The fraction of sp³-hybridized carbons (Fsp3) is 0.103. The van der Waals surface area contributed by atoms with Crippen LogP contribution in [0.3, 0.4) is 0 Å². The van der Waals surface area contributed by atoms with E-state index in [1.54, 1.807) is 41.4 Å². The van der Waals surface area contributed by atoms with Crippen LogP contribution in [0.5, 0.6) is 5.75 Å². The van der Waals surface area contributed by atoms with Gasteiger partial charge in [0.15, 0.2) is 0 Å². The SMILES string of the molecule is COc1ccc(-c2nnc(Cn3cnc4c(C#Cc5cncnc5)c(-c5ccccc5F)nc-4c3)s2)c(C(F)(F)F)c1. The number of hydrogen-bond acceptors (Lipinski definition) is 8. The molecule has 0 aliphatic carbocycles. The maximum absolute atomic E-state index is 14.8. The third-order valence-corrected chi connectivity index (χ3v) is 7.08. The van der Waals surface area contributed by atoms with Crippen molar-refractivity contribution in [2.45, 2.75) is 12.7 Å². The second-order valence-corrected chi connectivity index (χ2v) is 9.94. The van der Waals surface area contributed by atoms with Gasteiger partial charge in [-0.05, 0) is 30.3 Å². The number of halogens is 4. The van der Waals surface area contributed by atoms with Crippen LogP contribution in [0.15, 0.2) is 73.7 Å². The van der Waals surface area contributed by atoms with Crippen LogP contribution in [-0.4, -0.2) is 41.8 Å². The second-order valence-electron chi connectivity index (χ2n) is 8.88. The molecule has 13 heteroatoms. The highest BCUT2D eigenvalue weighted by Gasteiger charge is 2.35. The molecular formula is C29H17F4N7OS. The quantitative estimate of drug-likeness (QED) is 0.181. The molecule has 8 nitrogen and oxygen atoms in total. The minimum absolute atomic E-state index is 0.0869. The van der Waals surface area contributed by atoms with E-state index in [9.17, 15) is 17.6 Å². The molecule has 2 aromatic heterocycles. The number of aromatic nitrogens is 7. The summed E-state index contributed by atoms with van der Waals surface area (Å²) in [6.45, 7) is 0.169. The number of nitrogens with zero attached hydrogens (tertiary/aromatic N) is 7. The van der Waals surface area contributed by atoms with E-state index in [1.807, 2.05) is 0 Å². The van der Waals surface area contributed by atoms with Crippen molar-refractivity contribution < 1.29 is 22.3 Å². The number of ether oxygens (including phenoxy) is 1. The Hall–Kier alpha value is -5.22. The van der Waals surface area contributed by atoms with Gasteiger partial charge in [-0.1, -0.05) is 35.3 Å². The summed E-state index contributed by atoms with van der Waals surface area (Å²) in [5.41, 5.74) is 1.55. The van der Waals surface area contributed by atoms with Crippen LogP contribution in [-0.2, 0) is 12.7 Å². The third kappa shape index (κ3) is 5.39. The Bertz CT molecular complexity index is 1930. The number of methoxy groups -OCH3 is 1. The van der Waals surface area contributed by atoms with Crippen molar-refractivity contribution >= 4 is 11.3 Å². The highest BCUT2D eigenvalue weighted by atomic mass is 32.1. The summed E-state index contributed by atoms with van der Waals surface area (Å²) in [5.74, 6) is 5.64. The van der Waals surface area contributed by atoms with Crippen molar-refractivity contribution in [3.8, 4) is 50.8 Å². The average molecular weight is 588 g/mol. The molecule has 2 aliphatic rings. The Morgan fingerprint density at radius 1 is 0.976 bits per heavy atom. The third-order valence-electron chi connectivity index (χ3n) is 6.14. The van der Waals surface area contributed by atoms with Crippen LogP contribution in [0.1, 0.15) is 21.7 Å². The van der Waals surface area contributed by atoms with E-state index in [0.717, 1.165) is 17.4 Å². The summed E-state index contributed by atoms with van der Waals surface area (Å²) in [5, 5.41) is 8.66. The lowest BCUT2D eigenvalue weighted by Gasteiger charge is -2.12. The maximum atomic E-state index is 14.8. The highest BCUT2D eigenvalue weighted by molar-refractivity contribution is 7.14. The Morgan fingerprint density at radius 2 is 1.79 bits per heavy atom. The lowest BCUT2D eigenvalue weighted by atomic mass is 10.1. The minimum Gasteiger partial charge on any atom is -0.497 e. The van der Waals surface area contributed by atoms with Crippen molar-refractivity contribution in [2.24, 2.45) is 0 Å². The molecule has 4 aromatic rings. The molecule has 0 radical (unpaired) electrons. The second kappa shape index (κ2) is 11.0. The van der Waals surface area contributed by atoms with Crippen LogP contribution >= 0.6 is 11.3 Å². The number of rotatable bonds is 5. The van der Waals surface area contributed by atoms with E-state index < -0.39 is 17.6 Å². The zero-order chi connectivity index (χ0) is 29.3. The fourth-order valence-corrected chi connectivity index (χ4v) is 5.11. The van der Waals surface area contributed by atoms with E-state index in [-0.39, 0.29) is 28.4 Å². The van der Waals surface area contributed by atoms with Crippen molar-refractivity contribution in [1.29, 1.82) is 0 Å². The summed E-state index contributed by atoms with van der Waals surface area (Å²) in [6.07, 6.45) is 3.13. The van der Waals surface area contributed by atoms with Crippen molar-refractivity contribution in [2.75, 3.05) is 7.11 Å². The number of alkyl halides is 3. The number of benzene rings is 2. The molecule has 0 spiro atoms. The molecule has 0 fully saturated rings. The summed E-state index contributed by atoms with van der Waals surface area (Å²) in [6, 6.07) is 9.92. The molecule has 0 unspecified atom stereocenters. The first kappa shape index (κ1) is 27.0. The van der Waals surface area contributed by atoms with Gasteiger partial charge in [0.1, 0.15) is 39.3 Å². The van der Waals surface area contributed by atoms with Crippen molar-refractivity contribution in [3.05, 3.63) is 101 Å². The maximum Gasteiger partial charge on any atom is 0.417 e. The van der Waals surface area contributed by atoms with Crippen LogP contribution in [0.25, 0.3) is 33.2 Å². The van der Waals surface area contributed by atoms with E-state index in [4.69, 9.17) is 4.74 Å². The molecule has 0 bridgehead atoms. The molecular weight excluding hydrogens is 570 g/mol. The van der Waals surface area contributed by atoms with E-state index >= 15 is 0 Å². The molecule has 2 aromatic carbocycles. The smallest absolute Gasteiger partial charge is 0.417 e. The number of fused-ring (bicyclic) bond motifs is 1. The fourth-order valence-electron chi connectivity index (χ4n) is 4.22. The molecule has 42 heavy (non-hydrogen) atoms. The molecule has 208 valence electrons. The van der Waals surface area contributed by atoms with E-state index in [1.165, 1.54) is 38.0 Å². The summed E-state index contributed by atoms with van der Waals surface area (Å²) >= 11 is 1.03. The summed E-state index contributed by atoms with van der Waals surface area (Å²) in [7, 11) is 1.30. The average Bonchev–Trinajstić information content (AvgIpc) is 3.60. The zero-order valence-corrected chi connectivity index (χ0v) is 22.4. The molecule has 0 saturated carbocycles. The highest BCUT2D eigenvalue weighted by Crippen LogP contribution is 2.40. The molecule has 6 rings (SSSR count). The van der Waals surface area contributed by atoms with E-state index in [0.29, 0.717) is 33.2 Å². The summed E-state index contributed by atoms with van der Waals surface area (Å²) < 4.78 is 62.6. The first-order valence-electron chi connectivity index (χ1n) is 12.3. The predicted octanol–water partition coefficient (Wildman–Crippen LogP) is 5.97. The van der Waals surface area contributed by atoms with Gasteiger partial charge in [0.25, 0.3) is 0 Å². The van der Waals surface area contributed by atoms with Crippen LogP contribution < -0.4 is 4.74 Å². The molecule has 0 amide bonds. The normalized spacial score (nSPS) is 11.4. The molecule has 4 heterocycles. The summed E-state index contributed by atoms with van der Waals surface area (Å²) in [4.78, 5) is 17.1. The molecule has 0 atom stereocenters. The van der Waals surface area contributed by atoms with E-state index in [2.05, 4.69) is 42.0 Å². The van der Waals surface area contributed by atoms with Gasteiger partial charge in [-0.15, -0.1) is 10.2 Å². The monoisotopic (exact) mass is 587 g/mol.